The van der Waals surface area contributed by atoms with Crippen LogP contribution in [-0.2, 0) is 10.0 Å². The van der Waals surface area contributed by atoms with E-state index in [4.69, 9.17) is 11.6 Å². The predicted molar refractivity (Wildman–Crippen MR) is 108 cm³/mol. The van der Waals surface area contributed by atoms with Crippen molar-refractivity contribution in [2.45, 2.75) is 17.4 Å². The molecule has 1 aliphatic rings. The number of halogens is 1. The standard InChI is InChI=1S/C16H18ClN3O5S2/c1-20(2)27(24,25)16-9(17)3-4-10(13(16)21)19-12-11(14(22)15(12)23)18-8-5-6-26-7-8/h3-4,8,18-19,21H,5-7H2,1-2H3. The minimum absolute atomic E-state index is 0.00252. The molecule has 27 heavy (non-hydrogen) atoms. The molecular formula is C16H18ClN3O5S2. The molecule has 3 N–H and O–H groups in total. The highest BCUT2D eigenvalue weighted by Gasteiger charge is 2.29. The molecule has 2 aromatic carbocycles. The van der Waals surface area contributed by atoms with Gasteiger partial charge in [-0.1, -0.05) is 11.6 Å². The first-order chi connectivity index (χ1) is 12.6. The third kappa shape index (κ3) is 3.54. The molecule has 0 radical (unpaired) electrons. The fourth-order valence-electron chi connectivity index (χ4n) is 2.71. The van der Waals surface area contributed by atoms with Gasteiger partial charge in [-0.15, -0.1) is 0 Å². The van der Waals surface area contributed by atoms with Gasteiger partial charge < -0.3 is 15.7 Å². The van der Waals surface area contributed by atoms with Gasteiger partial charge in [-0.3, -0.25) is 9.59 Å². The second kappa shape index (κ2) is 7.34. The van der Waals surface area contributed by atoms with Crippen LogP contribution >= 0.6 is 23.4 Å². The summed E-state index contributed by atoms with van der Waals surface area (Å²) in [5.41, 5.74) is -1.24. The summed E-state index contributed by atoms with van der Waals surface area (Å²) < 4.78 is 25.7. The van der Waals surface area contributed by atoms with Gasteiger partial charge in [0.15, 0.2) is 5.75 Å². The van der Waals surface area contributed by atoms with Crippen LogP contribution in [0.5, 0.6) is 5.75 Å². The lowest BCUT2D eigenvalue weighted by Gasteiger charge is -2.20. The molecule has 1 fully saturated rings. The average Bonchev–Trinajstić information content (AvgIpc) is 3.12. The van der Waals surface area contributed by atoms with E-state index in [2.05, 4.69) is 10.6 Å². The Morgan fingerprint density at radius 3 is 2.48 bits per heavy atom. The second-order valence-electron chi connectivity index (χ2n) is 6.30. The lowest BCUT2D eigenvalue weighted by molar-refractivity contribution is 0.455. The number of rotatable bonds is 6. The first kappa shape index (κ1) is 20.0. The summed E-state index contributed by atoms with van der Waals surface area (Å²) in [7, 11) is -1.40. The first-order valence-corrected chi connectivity index (χ1v) is 11.0. The minimum atomic E-state index is -4.02. The van der Waals surface area contributed by atoms with Gasteiger partial charge in [-0.2, -0.15) is 11.8 Å². The quantitative estimate of drug-likeness (QED) is 0.466. The summed E-state index contributed by atoms with van der Waals surface area (Å²) in [6.45, 7) is 0. The van der Waals surface area contributed by atoms with E-state index in [0.717, 1.165) is 22.2 Å². The molecule has 3 rings (SSSR count). The zero-order valence-corrected chi connectivity index (χ0v) is 17.0. The number of thioether (sulfide) groups is 1. The van der Waals surface area contributed by atoms with E-state index >= 15 is 0 Å². The van der Waals surface area contributed by atoms with Gasteiger partial charge in [0, 0.05) is 25.9 Å². The number of nitrogens with zero attached hydrogens (tertiary/aromatic N) is 1. The summed E-state index contributed by atoms with van der Waals surface area (Å²) in [4.78, 5) is 23.4. The summed E-state index contributed by atoms with van der Waals surface area (Å²) >= 11 is 7.72. The lowest BCUT2D eigenvalue weighted by atomic mass is 10.1. The first-order valence-electron chi connectivity index (χ1n) is 8.03. The van der Waals surface area contributed by atoms with E-state index in [1.54, 1.807) is 11.8 Å². The zero-order valence-electron chi connectivity index (χ0n) is 14.6. The van der Waals surface area contributed by atoms with E-state index in [0.29, 0.717) is 0 Å². The van der Waals surface area contributed by atoms with E-state index in [1.165, 1.54) is 26.2 Å². The van der Waals surface area contributed by atoms with Crippen molar-refractivity contribution in [3.8, 4) is 5.75 Å². The van der Waals surface area contributed by atoms with Gasteiger partial charge in [0.05, 0.1) is 10.7 Å². The number of benzene rings is 1. The van der Waals surface area contributed by atoms with Gasteiger partial charge >= 0.3 is 0 Å². The highest BCUT2D eigenvalue weighted by atomic mass is 35.5. The average molecular weight is 432 g/mol. The van der Waals surface area contributed by atoms with Crippen LogP contribution in [0.4, 0.5) is 17.1 Å². The molecule has 1 aliphatic heterocycles. The van der Waals surface area contributed by atoms with Crippen molar-refractivity contribution in [2.24, 2.45) is 0 Å². The third-order valence-electron chi connectivity index (χ3n) is 4.27. The van der Waals surface area contributed by atoms with Crippen LogP contribution in [0.3, 0.4) is 0 Å². The molecule has 0 spiro atoms. The van der Waals surface area contributed by atoms with Crippen molar-refractivity contribution in [3.63, 3.8) is 0 Å². The highest BCUT2D eigenvalue weighted by Crippen LogP contribution is 2.39. The maximum atomic E-state index is 12.4. The summed E-state index contributed by atoms with van der Waals surface area (Å²) in [6, 6.07) is 2.73. The Kier molecular flexibility index (Phi) is 5.44. The fraction of sp³-hybridized carbons (Fsp3) is 0.375. The molecule has 0 saturated carbocycles. The van der Waals surface area contributed by atoms with Crippen molar-refractivity contribution in [3.05, 3.63) is 37.6 Å². The van der Waals surface area contributed by atoms with Gasteiger partial charge in [0.25, 0.3) is 10.9 Å². The molecule has 0 aliphatic carbocycles. The SMILES string of the molecule is CN(C)S(=O)(=O)c1c(Cl)ccc(Nc2c(NC3CCSC3)c(=O)c2=O)c1O. The van der Waals surface area contributed by atoms with Crippen LogP contribution in [0, 0.1) is 0 Å². The molecule has 0 bridgehead atoms. The Morgan fingerprint density at radius 1 is 1.22 bits per heavy atom. The van der Waals surface area contributed by atoms with Gasteiger partial charge in [0.1, 0.15) is 16.3 Å². The van der Waals surface area contributed by atoms with E-state index < -0.39 is 31.5 Å². The van der Waals surface area contributed by atoms with Crippen LogP contribution in [0.1, 0.15) is 6.42 Å². The highest BCUT2D eigenvalue weighted by molar-refractivity contribution is 7.99. The predicted octanol–water partition coefficient (Wildman–Crippen LogP) is 1.55. The fourth-order valence-corrected chi connectivity index (χ4v) is 5.34. The number of aromatic hydroxyl groups is 1. The van der Waals surface area contributed by atoms with Gasteiger partial charge in [0.2, 0.25) is 10.0 Å². The molecule has 1 heterocycles. The van der Waals surface area contributed by atoms with E-state index in [1.807, 2.05) is 0 Å². The summed E-state index contributed by atoms with van der Waals surface area (Å²) in [5.74, 6) is 1.18. The number of nitrogens with one attached hydrogen (secondary N) is 2. The smallest absolute Gasteiger partial charge is 0.253 e. The minimum Gasteiger partial charge on any atom is -0.504 e. The Morgan fingerprint density at radius 2 is 1.89 bits per heavy atom. The van der Waals surface area contributed by atoms with Crippen molar-refractivity contribution < 1.29 is 13.5 Å². The molecule has 2 aromatic rings. The molecule has 11 heteroatoms. The van der Waals surface area contributed by atoms with Crippen LogP contribution in [0.15, 0.2) is 26.6 Å². The van der Waals surface area contributed by atoms with Crippen LogP contribution < -0.4 is 21.5 Å². The zero-order chi connectivity index (χ0) is 19.9. The summed E-state index contributed by atoms with van der Waals surface area (Å²) in [5, 5.41) is 16.0. The number of phenolic OH excluding ortho intramolecular Hbond substituents is 1. The second-order valence-corrected chi connectivity index (χ2v) is 9.94. The van der Waals surface area contributed by atoms with Crippen LogP contribution in [0.2, 0.25) is 5.02 Å². The van der Waals surface area contributed by atoms with Crippen LogP contribution in [-0.4, -0.2) is 49.5 Å². The number of phenols is 1. The lowest BCUT2D eigenvalue weighted by Crippen LogP contribution is -2.39. The monoisotopic (exact) mass is 431 g/mol. The normalized spacial score (nSPS) is 17.6. The van der Waals surface area contributed by atoms with Crippen LogP contribution in [0.25, 0.3) is 0 Å². The molecule has 0 aromatic heterocycles. The van der Waals surface area contributed by atoms with Crippen molar-refractivity contribution in [2.75, 3.05) is 36.2 Å². The van der Waals surface area contributed by atoms with Gasteiger partial charge in [-0.25, -0.2) is 12.7 Å². The third-order valence-corrected chi connectivity index (χ3v) is 7.75. The molecule has 146 valence electrons. The molecule has 1 atom stereocenters. The maximum Gasteiger partial charge on any atom is 0.253 e. The number of anilines is 3. The number of hydrogen-bond donors (Lipinski definition) is 3. The summed E-state index contributed by atoms with van der Waals surface area (Å²) in [6.07, 6.45) is 0.875. The van der Waals surface area contributed by atoms with Crippen molar-refractivity contribution in [1.82, 2.24) is 4.31 Å². The van der Waals surface area contributed by atoms with Gasteiger partial charge in [-0.05, 0) is 24.3 Å². The van der Waals surface area contributed by atoms with E-state index in [-0.39, 0.29) is 28.1 Å². The largest absolute Gasteiger partial charge is 0.504 e. The van der Waals surface area contributed by atoms with Crippen molar-refractivity contribution >= 4 is 50.4 Å². The maximum absolute atomic E-state index is 12.4. The number of sulfonamides is 1. The van der Waals surface area contributed by atoms with Crippen molar-refractivity contribution in [1.29, 1.82) is 0 Å². The Bertz CT molecular complexity index is 1050. The molecular weight excluding hydrogens is 414 g/mol. The molecule has 0 amide bonds. The molecule has 1 saturated heterocycles. The topological polar surface area (TPSA) is 116 Å². The molecule has 1 unspecified atom stereocenters. The Balaban J connectivity index is 1.97. The Labute approximate surface area is 165 Å². The number of hydrogen-bond acceptors (Lipinski definition) is 8. The molecule has 8 nitrogen and oxygen atoms in total. The van der Waals surface area contributed by atoms with E-state index in [9.17, 15) is 23.1 Å². The Hall–Kier alpha value is -1.75.